The fraction of sp³-hybridized carbons (Fsp3) is 0.350. The van der Waals surface area contributed by atoms with Crippen LogP contribution in [0.3, 0.4) is 0 Å². The Morgan fingerprint density at radius 1 is 1.16 bits per heavy atom. The molecule has 5 heteroatoms. The number of aromatic nitrogens is 2. The maximum Gasteiger partial charge on any atom is 0.137 e. The van der Waals surface area contributed by atoms with E-state index in [2.05, 4.69) is 22.4 Å². The molecular formula is C20H23N3O2. The minimum absolute atomic E-state index is 0.0301. The van der Waals surface area contributed by atoms with Crippen LogP contribution in [0.2, 0.25) is 0 Å². The van der Waals surface area contributed by atoms with Crippen molar-refractivity contribution in [2.75, 3.05) is 18.5 Å². The van der Waals surface area contributed by atoms with E-state index >= 15 is 0 Å². The molecule has 1 unspecified atom stereocenters. The largest absolute Gasteiger partial charge is 0.388 e. The zero-order chi connectivity index (χ0) is 17.3. The number of pyridine rings is 1. The van der Waals surface area contributed by atoms with E-state index in [-0.39, 0.29) is 6.04 Å². The number of fused-ring (bicyclic) bond motifs is 1. The Morgan fingerprint density at radius 3 is 2.64 bits per heavy atom. The van der Waals surface area contributed by atoms with E-state index < -0.39 is 5.60 Å². The van der Waals surface area contributed by atoms with E-state index in [4.69, 9.17) is 4.74 Å². The van der Waals surface area contributed by atoms with Gasteiger partial charge in [-0.3, -0.25) is 0 Å². The van der Waals surface area contributed by atoms with Crippen LogP contribution < -0.4 is 5.32 Å². The summed E-state index contributed by atoms with van der Waals surface area (Å²) in [7, 11) is 0. The molecular weight excluding hydrogens is 314 g/mol. The molecule has 0 radical (unpaired) electrons. The van der Waals surface area contributed by atoms with Crippen LogP contribution in [0.4, 0.5) is 5.69 Å². The van der Waals surface area contributed by atoms with Crippen LogP contribution in [0, 0.1) is 0 Å². The second-order valence-electron chi connectivity index (χ2n) is 6.75. The van der Waals surface area contributed by atoms with E-state index in [0.29, 0.717) is 26.1 Å². The van der Waals surface area contributed by atoms with Gasteiger partial charge in [-0.2, -0.15) is 0 Å². The topological polar surface area (TPSA) is 58.8 Å². The smallest absolute Gasteiger partial charge is 0.137 e. The van der Waals surface area contributed by atoms with Crippen molar-refractivity contribution in [2.45, 2.75) is 31.4 Å². The lowest BCUT2D eigenvalue weighted by molar-refractivity contribution is -0.0711. The zero-order valence-electron chi connectivity index (χ0n) is 14.4. The molecule has 0 saturated carbocycles. The number of ether oxygens (including phenoxy) is 1. The molecule has 1 saturated heterocycles. The van der Waals surface area contributed by atoms with Gasteiger partial charge in [-0.1, -0.05) is 18.2 Å². The van der Waals surface area contributed by atoms with Crippen molar-refractivity contribution >= 4 is 11.3 Å². The van der Waals surface area contributed by atoms with Crippen LogP contribution in [0.25, 0.3) is 16.9 Å². The molecule has 0 amide bonds. The first-order valence-electron chi connectivity index (χ1n) is 8.75. The van der Waals surface area contributed by atoms with Gasteiger partial charge in [0.15, 0.2) is 0 Å². The van der Waals surface area contributed by atoms with E-state index in [1.165, 1.54) is 0 Å². The lowest BCUT2D eigenvalue weighted by Gasteiger charge is -2.38. The van der Waals surface area contributed by atoms with E-state index in [9.17, 15) is 5.11 Å². The molecule has 1 aliphatic heterocycles. The molecule has 1 aromatic carbocycles. The molecule has 1 atom stereocenters. The Bertz CT molecular complexity index is 818. The van der Waals surface area contributed by atoms with Crippen LogP contribution in [-0.2, 0) is 4.74 Å². The molecule has 5 nitrogen and oxygen atoms in total. The zero-order valence-corrected chi connectivity index (χ0v) is 14.4. The van der Waals surface area contributed by atoms with Gasteiger partial charge >= 0.3 is 0 Å². The lowest BCUT2D eigenvalue weighted by atomic mass is 9.87. The highest BCUT2D eigenvalue weighted by Gasteiger charge is 2.35. The van der Waals surface area contributed by atoms with Crippen LogP contribution in [0.5, 0.6) is 0 Å². The molecule has 0 spiro atoms. The molecule has 25 heavy (non-hydrogen) atoms. The molecule has 2 aromatic heterocycles. The predicted octanol–water partition coefficient (Wildman–Crippen LogP) is 3.34. The lowest BCUT2D eigenvalue weighted by Crippen LogP contribution is -2.49. The maximum atomic E-state index is 10.8. The van der Waals surface area contributed by atoms with Gasteiger partial charge in [0.05, 0.1) is 17.3 Å². The average Bonchev–Trinajstić information content (AvgIpc) is 3.07. The van der Waals surface area contributed by atoms with Crippen LogP contribution in [-0.4, -0.2) is 39.3 Å². The van der Waals surface area contributed by atoms with Crippen LogP contribution in [0.15, 0.2) is 54.9 Å². The molecule has 1 aliphatic rings. The number of nitrogens with zero attached hydrogens (tertiary/aromatic N) is 2. The maximum absolute atomic E-state index is 10.8. The number of hydrogen-bond acceptors (Lipinski definition) is 4. The molecule has 1 fully saturated rings. The van der Waals surface area contributed by atoms with Gasteiger partial charge in [-0.15, -0.1) is 0 Å². The second-order valence-corrected chi connectivity index (χ2v) is 6.75. The highest BCUT2D eigenvalue weighted by Crippen LogP contribution is 2.27. The summed E-state index contributed by atoms with van der Waals surface area (Å²) in [4.78, 5) is 4.65. The van der Waals surface area contributed by atoms with Crippen molar-refractivity contribution in [3.63, 3.8) is 0 Å². The molecule has 0 aliphatic carbocycles. The summed E-state index contributed by atoms with van der Waals surface area (Å²) in [6.07, 6.45) is 5.37. The first kappa shape index (κ1) is 16.1. The summed E-state index contributed by atoms with van der Waals surface area (Å²) in [5.74, 6) is 0. The van der Waals surface area contributed by atoms with Gasteiger partial charge in [0.2, 0.25) is 0 Å². The third-order valence-corrected chi connectivity index (χ3v) is 5.09. The van der Waals surface area contributed by atoms with Crippen molar-refractivity contribution in [3.8, 4) is 11.3 Å². The summed E-state index contributed by atoms with van der Waals surface area (Å²) in [6, 6.07) is 14.1. The summed E-state index contributed by atoms with van der Waals surface area (Å²) in [5.41, 5.74) is 3.26. The first-order chi connectivity index (χ1) is 12.1. The summed E-state index contributed by atoms with van der Waals surface area (Å²) in [5, 5.41) is 14.2. The average molecular weight is 337 g/mol. The number of aliphatic hydroxyl groups is 1. The summed E-state index contributed by atoms with van der Waals surface area (Å²) < 4.78 is 7.38. The Hall–Kier alpha value is -2.37. The first-order valence-corrected chi connectivity index (χ1v) is 8.75. The number of hydrogen-bond donors (Lipinski definition) is 2. The summed E-state index contributed by atoms with van der Waals surface area (Å²) in [6.45, 7) is 3.27. The number of anilines is 1. The molecule has 4 rings (SSSR count). The van der Waals surface area contributed by atoms with Gasteiger partial charge in [0.25, 0.3) is 0 Å². The predicted molar refractivity (Wildman–Crippen MR) is 98.7 cm³/mol. The SMILES string of the molecule is CC(Nc1ccc(-c2cn3ccccc3n2)cc1)C1(O)CCOCC1. The molecule has 2 N–H and O–H groups in total. The molecule has 0 bridgehead atoms. The highest BCUT2D eigenvalue weighted by atomic mass is 16.5. The number of benzene rings is 1. The third kappa shape index (κ3) is 3.25. The fourth-order valence-corrected chi connectivity index (χ4v) is 3.35. The molecule has 3 aromatic rings. The van der Waals surface area contributed by atoms with Gasteiger partial charge in [0, 0.05) is 49.7 Å². The van der Waals surface area contributed by atoms with Crippen LogP contribution >= 0.6 is 0 Å². The van der Waals surface area contributed by atoms with Gasteiger partial charge in [0.1, 0.15) is 5.65 Å². The van der Waals surface area contributed by atoms with Crippen molar-refractivity contribution in [3.05, 3.63) is 54.9 Å². The summed E-state index contributed by atoms with van der Waals surface area (Å²) >= 11 is 0. The Kier molecular flexibility index (Phi) is 4.19. The van der Waals surface area contributed by atoms with Crippen molar-refractivity contribution in [1.29, 1.82) is 0 Å². The molecule has 3 heterocycles. The fourth-order valence-electron chi connectivity index (χ4n) is 3.35. The Balaban J connectivity index is 1.50. The van der Waals surface area contributed by atoms with Gasteiger partial charge in [-0.05, 0) is 31.2 Å². The van der Waals surface area contributed by atoms with Gasteiger partial charge in [-0.25, -0.2) is 4.98 Å². The Labute approximate surface area is 147 Å². The van der Waals surface area contributed by atoms with E-state index in [1.54, 1.807) is 0 Å². The van der Waals surface area contributed by atoms with E-state index in [0.717, 1.165) is 22.6 Å². The minimum Gasteiger partial charge on any atom is -0.388 e. The normalized spacial score (nSPS) is 18.2. The third-order valence-electron chi connectivity index (χ3n) is 5.09. The minimum atomic E-state index is -0.710. The number of rotatable bonds is 4. The highest BCUT2D eigenvalue weighted by molar-refractivity contribution is 5.65. The Morgan fingerprint density at radius 2 is 1.92 bits per heavy atom. The van der Waals surface area contributed by atoms with Crippen molar-refractivity contribution < 1.29 is 9.84 Å². The number of nitrogens with one attached hydrogen (secondary N) is 1. The van der Waals surface area contributed by atoms with Gasteiger partial charge < -0.3 is 19.6 Å². The monoisotopic (exact) mass is 337 g/mol. The van der Waals surface area contributed by atoms with Crippen molar-refractivity contribution in [2.24, 2.45) is 0 Å². The van der Waals surface area contributed by atoms with Crippen LogP contribution in [0.1, 0.15) is 19.8 Å². The van der Waals surface area contributed by atoms with E-state index in [1.807, 2.05) is 54.0 Å². The second kappa shape index (κ2) is 6.50. The quantitative estimate of drug-likeness (QED) is 0.766. The van der Waals surface area contributed by atoms with Crippen molar-refractivity contribution in [1.82, 2.24) is 9.38 Å². The molecule has 130 valence electrons. The number of imidazole rings is 1. The standard InChI is InChI=1S/C20H23N3O2/c1-15(20(24)9-12-25-13-10-20)21-17-7-5-16(6-8-17)18-14-23-11-3-2-4-19(23)22-18/h2-8,11,14-15,21,24H,9-10,12-13H2,1H3.